The van der Waals surface area contributed by atoms with Crippen LogP contribution in [0.1, 0.15) is 19.3 Å². The molecule has 0 aliphatic carbocycles. The zero-order chi connectivity index (χ0) is 9.40. The summed E-state index contributed by atoms with van der Waals surface area (Å²) in [6, 6.07) is -0.787. The van der Waals surface area contributed by atoms with E-state index in [9.17, 15) is 9.59 Å². The van der Waals surface area contributed by atoms with E-state index in [0.717, 1.165) is 6.42 Å². The molecule has 1 amide bonds. The van der Waals surface area contributed by atoms with Crippen molar-refractivity contribution in [3.8, 4) is 0 Å². The second-order valence-corrected chi connectivity index (χ2v) is 2.47. The SMILES string of the molecule is NC(CCCCN[C-]=O)C(=O)O.[Y]. The van der Waals surface area contributed by atoms with Gasteiger partial charge in [0.2, 0.25) is 0 Å². The molecule has 0 saturated heterocycles. The normalized spacial score (nSPS) is 11.2. The minimum atomic E-state index is -0.982. The summed E-state index contributed by atoms with van der Waals surface area (Å²) in [7, 11) is 0. The molecule has 0 aliphatic rings. The molecule has 5 nitrogen and oxygen atoms in total. The zero-order valence-electron chi connectivity index (χ0n) is 7.32. The van der Waals surface area contributed by atoms with E-state index in [1.807, 2.05) is 0 Å². The van der Waals surface area contributed by atoms with Crippen molar-refractivity contribution in [2.24, 2.45) is 5.73 Å². The molecule has 0 aromatic rings. The Bertz CT molecular complexity index is 155. The monoisotopic (exact) mass is 262 g/mol. The Kier molecular flexibility index (Phi) is 12.0. The van der Waals surface area contributed by atoms with E-state index in [-0.39, 0.29) is 32.7 Å². The second-order valence-electron chi connectivity index (χ2n) is 2.47. The van der Waals surface area contributed by atoms with Crippen LogP contribution >= 0.6 is 0 Å². The Labute approximate surface area is 102 Å². The van der Waals surface area contributed by atoms with Crippen molar-refractivity contribution in [2.45, 2.75) is 25.3 Å². The fraction of sp³-hybridized carbons (Fsp3) is 0.714. The van der Waals surface area contributed by atoms with Gasteiger partial charge in [0.15, 0.2) is 0 Å². The first-order valence-corrected chi connectivity index (χ1v) is 3.77. The number of aliphatic carboxylic acids is 1. The number of nitrogens with one attached hydrogen (secondary N) is 1. The Morgan fingerprint density at radius 3 is 2.62 bits per heavy atom. The van der Waals surface area contributed by atoms with Crippen LogP contribution in [0.25, 0.3) is 0 Å². The third-order valence-corrected chi connectivity index (χ3v) is 1.46. The maximum absolute atomic E-state index is 10.2. The van der Waals surface area contributed by atoms with E-state index >= 15 is 0 Å². The third-order valence-electron chi connectivity index (χ3n) is 1.46. The van der Waals surface area contributed by atoms with E-state index in [1.54, 1.807) is 0 Å². The van der Waals surface area contributed by atoms with E-state index in [2.05, 4.69) is 5.32 Å². The summed E-state index contributed by atoms with van der Waals surface area (Å²) >= 11 is 0. The van der Waals surface area contributed by atoms with Gasteiger partial charge in [-0.25, -0.2) is 0 Å². The van der Waals surface area contributed by atoms with Crippen LogP contribution in [0.3, 0.4) is 0 Å². The summed E-state index contributed by atoms with van der Waals surface area (Å²) in [5.74, 6) is -0.982. The van der Waals surface area contributed by atoms with Crippen LogP contribution < -0.4 is 11.1 Å². The number of carboxylic acids is 1. The van der Waals surface area contributed by atoms with Crippen molar-refractivity contribution in [3.63, 3.8) is 0 Å². The number of carbonyl (C=O) groups excluding carboxylic acids is 1. The van der Waals surface area contributed by atoms with Gasteiger partial charge >= 0.3 is 5.97 Å². The van der Waals surface area contributed by atoms with E-state index in [1.165, 1.54) is 6.41 Å². The van der Waals surface area contributed by atoms with Gasteiger partial charge in [-0.15, -0.1) is 0 Å². The van der Waals surface area contributed by atoms with Crippen molar-refractivity contribution >= 4 is 12.4 Å². The number of hydrogen-bond donors (Lipinski definition) is 3. The first-order valence-electron chi connectivity index (χ1n) is 3.77. The molecule has 0 aromatic carbocycles. The topological polar surface area (TPSA) is 92.4 Å². The molecule has 6 heteroatoms. The van der Waals surface area contributed by atoms with Gasteiger partial charge in [-0.1, -0.05) is 0 Å². The molecule has 0 heterocycles. The molecule has 0 rings (SSSR count). The van der Waals surface area contributed by atoms with Crippen LogP contribution in [0.15, 0.2) is 0 Å². The maximum atomic E-state index is 10.2. The molecule has 4 N–H and O–H groups in total. The standard InChI is InChI=1S/C7H13N2O3.Y/c8-6(7(11)12)3-1-2-4-9-5-10;/h6H,1-4,8H2,(H,9,10)(H,11,12);/q-1;. The Balaban J connectivity index is 0. The molecule has 0 fully saturated rings. The summed E-state index contributed by atoms with van der Waals surface area (Å²) in [4.78, 5) is 19.9. The van der Waals surface area contributed by atoms with Crippen LogP contribution in [0.4, 0.5) is 0 Å². The van der Waals surface area contributed by atoms with Crippen LogP contribution in [-0.2, 0) is 42.3 Å². The molecule has 1 unspecified atom stereocenters. The minimum absolute atomic E-state index is 0. The number of carbonyl (C=O) groups is 1. The molecule has 0 bridgehead atoms. The summed E-state index contributed by atoms with van der Waals surface area (Å²) in [5, 5.41) is 10.7. The molecule has 1 radical (unpaired) electrons. The number of carboxylic acid groups (broad SMARTS) is 1. The quantitative estimate of drug-likeness (QED) is 0.319. The Morgan fingerprint density at radius 1 is 1.54 bits per heavy atom. The first-order chi connectivity index (χ1) is 5.68. The van der Waals surface area contributed by atoms with Crippen molar-refractivity contribution in [1.82, 2.24) is 5.32 Å². The van der Waals surface area contributed by atoms with Gasteiger partial charge in [0.1, 0.15) is 6.04 Å². The summed E-state index contributed by atoms with van der Waals surface area (Å²) in [6.07, 6.45) is 3.40. The van der Waals surface area contributed by atoms with Crippen LogP contribution in [0, 0.1) is 0 Å². The minimum Gasteiger partial charge on any atom is -0.530 e. The summed E-state index contributed by atoms with van der Waals surface area (Å²) in [6.45, 7) is 0.524. The zero-order valence-corrected chi connectivity index (χ0v) is 10.2. The average molecular weight is 262 g/mol. The Hall–Kier alpha value is 0.00390. The number of unbranched alkanes of at least 4 members (excludes halogenated alkanes) is 1. The third kappa shape index (κ3) is 9.92. The summed E-state index contributed by atoms with van der Waals surface area (Å²) in [5.41, 5.74) is 5.23. The second kappa shape index (κ2) is 10.1. The Morgan fingerprint density at radius 2 is 2.15 bits per heavy atom. The molecular weight excluding hydrogens is 249 g/mol. The largest absolute Gasteiger partial charge is 0.530 e. The van der Waals surface area contributed by atoms with Gasteiger partial charge in [-0.3, -0.25) is 4.79 Å². The number of rotatable bonds is 7. The van der Waals surface area contributed by atoms with E-state index < -0.39 is 12.0 Å². The van der Waals surface area contributed by atoms with Crippen LogP contribution in [-0.4, -0.2) is 30.1 Å². The average Bonchev–Trinajstić information content (AvgIpc) is 2.03. The van der Waals surface area contributed by atoms with Crippen molar-refractivity contribution < 1.29 is 47.4 Å². The van der Waals surface area contributed by atoms with Crippen LogP contribution in [0.5, 0.6) is 0 Å². The van der Waals surface area contributed by atoms with Gasteiger partial charge in [0.05, 0.1) is 0 Å². The molecule has 1 atom stereocenters. The van der Waals surface area contributed by atoms with Crippen molar-refractivity contribution in [2.75, 3.05) is 6.54 Å². The molecule has 73 valence electrons. The van der Waals surface area contributed by atoms with E-state index in [4.69, 9.17) is 10.8 Å². The fourth-order valence-corrected chi connectivity index (χ4v) is 0.752. The summed E-state index contributed by atoms with van der Waals surface area (Å²) < 4.78 is 0. The number of nitrogens with two attached hydrogens (primary N) is 1. The van der Waals surface area contributed by atoms with Crippen molar-refractivity contribution in [1.29, 1.82) is 0 Å². The van der Waals surface area contributed by atoms with Gasteiger partial charge in [0.25, 0.3) is 0 Å². The molecule has 0 saturated carbocycles. The maximum Gasteiger partial charge on any atom is 0.320 e. The van der Waals surface area contributed by atoms with E-state index in [0.29, 0.717) is 19.4 Å². The number of hydrogen-bond acceptors (Lipinski definition) is 3. The van der Waals surface area contributed by atoms with Crippen molar-refractivity contribution in [3.05, 3.63) is 0 Å². The molecule has 0 spiro atoms. The van der Waals surface area contributed by atoms with Gasteiger partial charge in [-0.05, 0) is 25.8 Å². The molecule has 13 heavy (non-hydrogen) atoms. The van der Waals surface area contributed by atoms with Crippen LogP contribution in [0.2, 0.25) is 0 Å². The number of amides is 1. The smallest absolute Gasteiger partial charge is 0.320 e. The van der Waals surface area contributed by atoms with Gasteiger partial charge in [-0.2, -0.15) is 6.41 Å². The molecular formula is C7H13N2O3Y-. The fourth-order valence-electron chi connectivity index (χ4n) is 0.752. The predicted molar refractivity (Wildman–Crippen MR) is 43.2 cm³/mol. The molecule has 0 aliphatic heterocycles. The first kappa shape index (κ1) is 15.5. The van der Waals surface area contributed by atoms with Gasteiger partial charge < -0.3 is 21.0 Å². The van der Waals surface area contributed by atoms with Gasteiger partial charge in [0, 0.05) is 32.7 Å². The predicted octanol–water partition coefficient (Wildman–Crippen LogP) is -0.777. The molecule has 0 aromatic heterocycles.